The van der Waals surface area contributed by atoms with Crippen molar-refractivity contribution in [3.8, 4) is 11.5 Å². The minimum Gasteiger partial charge on any atom is -0.496 e. The van der Waals surface area contributed by atoms with Gasteiger partial charge < -0.3 is 39.1 Å². The molecular formula is C54H54N10O16. The van der Waals surface area contributed by atoms with Gasteiger partial charge in [0.05, 0.1) is 66.8 Å². The third kappa shape index (κ3) is 6.51. The van der Waals surface area contributed by atoms with Crippen LogP contribution in [0.1, 0.15) is 70.7 Å². The van der Waals surface area contributed by atoms with Crippen LogP contribution in [0.5, 0.6) is 11.5 Å². The van der Waals surface area contributed by atoms with Crippen LogP contribution in [0, 0.1) is 0 Å². The number of rotatable bonds is 14. The van der Waals surface area contributed by atoms with Crippen LogP contribution < -0.4 is 20.1 Å². The number of nitrogens with zero attached hydrogens (tertiary/aromatic N) is 8. The summed E-state index contributed by atoms with van der Waals surface area (Å²) in [6.45, 7) is -0.924. The topological polar surface area (TPSA) is 276 Å². The Morgan fingerprint density at radius 3 is 0.950 bits per heavy atom. The smallest absolute Gasteiger partial charge is 0.359 e. The average molecular weight is 1100 g/mol. The zero-order chi connectivity index (χ0) is 56.8. The molecule has 5 fully saturated rings. The second kappa shape index (κ2) is 19.1. The summed E-state index contributed by atoms with van der Waals surface area (Å²) >= 11 is 0. The predicted octanol–water partition coefficient (Wildman–Crippen LogP) is 3.85. The van der Waals surface area contributed by atoms with E-state index in [-0.39, 0.29) is 69.5 Å². The van der Waals surface area contributed by atoms with Crippen molar-refractivity contribution >= 4 is 71.2 Å². The zero-order valence-electron chi connectivity index (χ0n) is 44.3. The van der Waals surface area contributed by atoms with Crippen molar-refractivity contribution in [2.45, 2.75) is 76.5 Å². The highest BCUT2D eigenvalue weighted by Gasteiger charge is 2.93. The fourth-order valence-electron chi connectivity index (χ4n) is 12.7. The molecule has 5 saturated heterocycles. The summed E-state index contributed by atoms with van der Waals surface area (Å²) in [5, 5.41) is 5.75. The number of anilines is 2. The van der Waals surface area contributed by atoms with Gasteiger partial charge in [0.1, 0.15) is 24.8 Å². The van der Waals surface area contributed by atoms with Crippen LogP contribution in [0.3, 0.4) is 0 Å². The van der Waals surface area contributed by atoms with Gasteiger partial charge in [-0.3, -0.25) is 48.8 Å². The Balaban J connectivity index is 1.17. The molecule has 7 heterocycles. The van der Waals surface area contributed by atoms with Crippen molar-refractivity contribution in [3.63, 3.8) is 0 Å². The van der Waals surface area contributed by atoms with E-state index in [4.69, 9.17) is 28.4 Å². The van der Waals surface area contributed by atoms with E-state index in [9.17, 15) is 9.59 Å². The molecule has 10 amide bonds. The number of urea groups is 4. The summed E-state index contributed by atoms with van der Waals surface area (Å²) in [7, 11) is 2.68. The highest BCUT2D eigenvalue weighted by molar-refractivity contribution is 6.13. The molecule has 0 aliphatic carbocycles. The Labute approximate surface area is 456 Å². The number of hydrogen-bond donors (Lipinski definition) is 2. The first kappa shape index (κ1) is 52.4. The van der Waals surface area contributed by atoms with Crippen LogP contribution in [0.25, 0.3) is 0 Å². The number of methoxy groups -OCH3 is 2. The first-order valence-corrected chi connectivity index (χ1v) is 25.7. The molecule has 4 aromatic carbocycles. The Morgan fingerprint density at radius 1 is 0.400 bits per heavy atom. The minimum atomic E-state index is -3.07. The summed E-state index contributed by atoms with van der Waals surface area (Å²) in [6.07, 6.45) is 0. The molecule has 4 atom stereocenters. The largest absolute Gasteiger partial charge is 0.496 e. The molecule has 4 unspecified atom stereocenters. The van der Waals surface area contributed by atoms with Gasteiger partial charge in [0, 0.05) is 44.8 Å². The van der Waals surface area contributed by atoms with Gasteiger partial charge in [-0.1, -0.05) is 36.4 Å². The number of hydrogen-bond acceptors (Lipinski definition) is 16. The Bertz CT molecular complexity index is 3150. The predicted molar refractivity (Wildman–Crippen MR) is 273 cm³/mol. The van der Waals surface area contributed by atoms with Crippen LogP contribution in [0.15, 0.2) is 84.9 Å². The molecule has 0 saturated carbocycles. The SMILES string of the molecule is CCOC(=O)C12N3Cc4c(NC(=O)c5ccccc5)ccc(OC)c4CN1C(=O)N1CN4C(=O)N5Cc6c(NC(=O)c7ccccc7)ccc(OC)c6CN6C(=O)N(CN(C3=O)C12C(=O)OCC)C4(C(=O)OCC)C56C(=O)OCC. The summed E-state index contributed by atoms with van der Waals surface area (Å²) in [4.78, 5) is 162. The van der Waals surface area contributed by atoms with Crippen molar-refractivity contribution < 1.29 is 76.4 Å². The Kier molecular flexibility index (Phi) is 12.5. The van der Waals surface area contributed by atoms with E-state index < -0.39 is 135 Å². The number of benzene rings is 4. The lowest BCUT2D eigenvalue weighted by Gasteiger charge is -2.51. The molecule has 80 heavy (non-hydrogen) atoms. The van der Waals surface area contributed by atoms with E-state index in [1.54, 1.807) is 60.7 Å². The lowest BCUT2D eigenvalue weighted by molar-refractivity contribution is -0.209. The summed E-state index contributed by atoms with van der Waals surface area (Å²) in [5.41, 5.74) is -10.6. The monoisotopic (exact) mass is 1100 g/mol. The van der Waals surface area contributed by atoms with E-state index in [0.717, 1.165) is 39.2 Å². The quantitative estimate of drug-likeness (QED) is 0.134. The Hall–Kier alpha value is -9.62. The lowest BCUT2D eigenvalue weighted by atomic mass is 9.88. The molecule has 2 N–H and O–H groups in total. The Morgan fingerprint density at radius 2 is 0.675 bits per heavy atom. The maximum Gasteiger partial charge on any atom is 0.359 e. The minimum absolute atomic E-state index is 0.113. The molecule has 11 rings (SSSR count). The van der Waals surface area contributed by atoms with Crippen LogP contribution >= 0.6 is 0 Å². The second-order valence-corrected chi connectivity index (χ2v) is 19.2. The molecular weight excluding hydrogens is 1040 g/mol. The molecule has 416 valence electrons. The molecule has 0 radical (unpaired) electrons. The number of carbonyl (C=O) groups excluding carboxylic acids is 10. The van der Waals surface area contributed by atoms with E-state index >= 15 is 38.4 Å². The van der Waals surface area contributed by atoms with Crippen molar-refractivity contribution in [2.75, 3.05) is 64.6 Å². The number of fused-ring (bicyclic) bond motifs is 2. The maximum absolute atomic E-state index is 16.3. The molecule has 26 nitrogen and oxygen atoms in total. The van der Waals surface area contributed by atoms with E-state index in [1.807, 2.05) is 0 Å². The number of esters is 4. The van der Waals surface area contributed by atoms with Crippen molar-refractivity contribution in [1.29, 1.82) is 0 Å². The number of nitrogens with one attached hydrogen (secondary N) is 2. The van der Waals surface area contributed by atoms with Gasteiger partial charge in [-0.15, -0.1) is 0 Å². The zero-order valence-corrected chi connectivity index (χ0v) is 44.3. The molecule has 0 aromatic heterocycles. The fraction of sp³-hybridized carbons (Fsp3) is 0.370. The van der Waals surface area contributed by atoms with Crippen molar-refractivity contribution in [1.82, 2.24) is 39.2 Å². The molecule has 4 aromatic rings. The van der Waals surface area contributed by atoms with E-state index in [1.165, 1.54) is 66.2 Å². The third-order valence-electron chi connectivity index (χ3n) is 15.8. The molecule has 0 bridgehead atoms. The highest BCUT2D eigenvalue weighted by Crippen LogP contribution is 2.62. The van der Waals surface area contributed by atoms with Gasteiger partial charge in [-0.25, -0.2) is 38.4 Å². The second-order valence-electron chi connectivity index (χ2n) is 19.2. The van der Waals surface area contributed by atoms with E-state index in [0.29, 0.717) is 0 Å². The van der Waals surface area contributed by atoms with Crippen LogP contribution in [0.2, 0.25) is 0 Å². The number of amides is 10. The van der Waals surface area contributed by atoms with Crippen molar-refractivity contribution in [3.05, 3.63) is 118 Å². The van der Waals surface area contributed by atoms with Gasteiger partial charge in [0.25, 0.3) is 34.5 Å². The van der Waals surface area contributed by atoms with Gasteiger partial charge in [-0.2, -0.15) is 0 Å². The summed E-state index contributed by atoms with van der Waals surface area (Å²) in [6, 6.07) is 17.5. The standard InChI is InChI=1S/C54H54N10O16/c1-7-77-43(67)51-53(45(69)79-9-3)61-29-64-50(74)60-28-36-34(38(22-24-40(36)76-6)56-42(66)32-19-15-12-16-20-32)26-58-48(72)62(54(64,46(70)80-10-4)52(58,60)44(68)78-8-2)30-63(53)49(73)59(51)27-35-33(25-57(51)47(61)71)37(21-23-39(35)75-5)55-41(65)31-17-13-11-14-18-31/h11-24H,7-10,25-30H2,1-6H3,(H,55,65)(H,56,66). The van der Waals surface area contributed by atoms with Gasteiger partial charge >= 0.3 is 48.0 Å². The highest BCUT2D eigenvalue weighted by atomic mass is 16.6. The summed E-state index contributed by atoms with van der Waals surface area (Å²) < 4.78 is 35.0. The number of carbonyl (C=O) groups is 10. The van der Waals surface area contributed by atoms with Crippen LogP contribution in [-0.4, -0.2) is 176 Å². The number of ether oxygens (including phenoxy) is 6. The lowest BCUT2D eigenvalue weighted by Crippen LogP contribution is -2.81. The average Bonchev–Trinajstić information content (AvgIpc) is 3.90. The van der Waals surface area contributed by atoms with Crippen LogP contribution in [0.4, 0.5) is 30.6 Å². The summed E-state index contributed by atoms with van der Waals surface area (Å²) in [5.74, 6) is -6.34. The van der Waals surface area contributed by atoms with Gasteiger partial charge in [0.15, 0.2) is 0 Å². The van der Waals surface area contributed by atoms with Gasteiger partial charge in [-0.05, 0) is 76.2 Å². The third-order valence-corrected chi connectivity index (χ3v) is 15.8. The van der Waals surface area contributed by atoms with Gasteiger partial charge in [0.2, 0.25) is 0 Å². The normalized spacial score (nSPS) is 23.7. The molecule has 0 spiro atoms. The maximum atomic E-state index is 16.3. The molecule has 7 aliphatic heterocycles. The molecule has 7 aliphatic rings. The van der Waals surface area contributed by atoms with Crippen LogP contribution in [-0.2, 0) is 64.3 Å². The fourth-order valence-corrected chi connectivity index (χ4v) is 12.7. The first-order chi connectivity index (χ1) is 38.6. The molecule has 26 heteroatoms. The van der Waals surface area contributed by atoms with Crippen molar-refractivity contribution in [2.24, 2.45) is 0 Å². The van der Waals surface area contributed by atoms with E-state index in [2.05, 4.69) is 10.6 Å². The first-order valence-electron chi connectivity index (χ1n) is 25.7.